The van der Waals surface area contributed by atoms with Crippen LogP contribution in [-0.4, -0.2) is 9.38 Å². The van der Waals surface area contributed by atoms with Crippen molar-refractivity contribution in [1.29, 1.82) is 0 Å². The molecule has 2 aromatic heterocycles. The largest absolute Gasteiger partial charge is 0.397 e. The second-order valence-corrected chi connectivity index (χ2v) is 4.67. The van der Waals surface area contributed by atoms with Gasteiger partial charge in [0.25, 0.3) is 0 Å². The van der Waals surface area contributed by atoms with Gasteiger partial charge in [0.05, 0.1) is 5.69 Å². The maximum absolute atomic E-state index is 13.3. The molecule has 18 heavy (non-hydrogen) atoms. The molecule has 3 aromatic rings. The minimum absolute atomic E-state index is 0.288. The minimum atomic E-state index is -0.288. The standard InChI is InChI=1S/C13H9BrFN3/c14-12-11-10(16)5-2-6-18(11)13(17-12)8-3-1-4-9(15)7-8/h1-7H,16H2. The topological polar surface area (TPSA) is 43.3 Å². The zero-order valence-electron chi connectivity index (χ0n) is 9.27. The third-order valence-electron chi connectivity index (χ3n) is 2.74. The fourth-order valence-electron chi connectivity index (χ4n) is 1.95. The summed E-state index contributed by atoms with van der Waals surface area (Å²) in [5, 5.41) is 0. The number of rotatable bonds is 1. The van der Waals surface area contributed by atoms with E-state index in [-0.39, 0.29) is 5.82 Å². The molecule has 0 unspecified atom stereocenters. The Kier molecular flexibility index (Phi) is 2.56. The van der Waals surface area contributed by atoms with E-state index in [4.69, 9.17) is 5.73 Å². The van der Waals surface area contributed by atoms with Crippen LogP contribution in [0.2, 0.25) is 0 Å². The van der Waals surface area contributed by atoms with Gasteiger partial charge in [0.2, 0.25) is 0 Å². The molecule has 1 aromatic carbocycles. The van der Waals surface area contributed by atoms with Crippen molar-refractivity contribution in [3.63, 3.8) is 0 Å². The molecule has 0 bridgehead atoms. The van der Waals surface area contributed by atoms with Crippen molar-refractivity contribution < 1.29 is 4.39 Å². The first-order valence-electron chi connectivity index (χ1n) is 5.35. The highest BCUT2D eigenvalue weighted by Gasteiger charge is 2.13. The summed E-state index contributed by atoms with van der Waals surface area (Å²) in [6.07, 6.45) is 1.85. The smallest absolute Gasteiger partial charge is 0.146 e. The van der Waals surface area contributed by atoms with Crippen molar-refractivity contribution in [1.82, 2.24) is 9.38 Å². The second kappa shape index (κ2) is 4.10. The lowest BCUT2D eigenvalue weighted by Gasteiger charge is -2.02. The summed E-state index contributed by atoms with van der Waals surface area (Å²) in [4.78, 5) is 4.39. The molecule has 0 aliphatic rings. The summed E-state index contributed by atoms with van der Waals surface area (Å²) in [5.41, 5.74) is 8.04. The Labute approximate surface area is 111 Å². The van der Waals surface area contributed by atoms with E-state index in [0.717, 1.165) is 5.52 Å². The van der Waals surface area contributed by atoms with E-state index in [1.54, 1.807) is 12.1 Å². The predicted molar refractivity (Wildman–Crippen MR) is 72.7 cm³/mol. The second-order valence-electron chi connectivity index (χ2n) is 3.92. The van der Waals surface area contributed by atoms with E-state index in [1.165, 1.54) is 12.1 Å². The summed E-state index contributed by atoms with van der Waals surface area (Å²) in [7, 11) is 0. The highest BCUT2D eigenvalue weighted by molar-refractivity contribution is 9.10. The average Bonchev–Trinajstić information content (AvgIpc) is 2.68. The van der Waals surface area contributed by atoms with Crippen LogP contribution in [0.3, 0.4) is 0 Å². The van der Waals surface area contributed by atoms with Gasteiger partial charge < -0.3 is 5.73 Å². The van der Waals surface area contributed by atoms with Crippen LogP contribution in [0.25, 0.3) is 16.9 Å². The maximum Gasteiger partial charge on any atom is 0.146 e. The van der Waals surface area contributed by atoms with Gasteiger partial charge in [0.15, 0.2) is 0 Å². The number of anilines is 1. The Hall–Kier alpha value is -1.88. The zero-order valence-corrected chi connectivity index (χ0v) is 10.9. The van der Waals surface area contributed by atoms with Crippen molar-refractivity contribution in [3.05, 3.63) is 53.0 Å². The number of benzene rings is 1. The first-order chi connectivity index (χ1) is 8.66. The first kappa shape index (κ1) is 11.2. The van der Waals surface area contributed by atoms with Crippen LogP contribution in [0.5, 0.6) is 0 Å². The molecule has 0 radical (unpaired) electrons. The quantitative estimate of drug-likeness (QED) is 0.748. The Balaban J connectivity index is 2.34. The van der Waals surface area contributed by atoms with E-state index < -0.39 is 0 Å². The third-order valence-corrected chi connectivity index (χ3v) is 3.29. The van der Waals surface area contributed by atoms with Crippen molar-refractivity contribution >= 4 is 27.1 Å². The van der Waals surface area contributed by atoms with Gasteiger partial charge in [-0.05, 0) is 40.2 Å². The monoisotopic (exact) mass is 305 g/mol. The fourth-order valence-corrected chi connectivity index (χ4v) is 2.54. The van der Waals surface area contributed by atoms with Crippen LogP contribution < -0.4 is 5.73 Å². The van der Waals surface area contributed by atoms with Gasteiger partial charge in [0.1, 0.15) is 21.8 Å². The van der Waals surface area contributed by atoms with Gasteiger partial charge in [0, 0.05) is 11.8 Å². The SMILES string of the molecule is Nc1cccn2c(-c3cccc(F)c3)nc(Br)c12. The number of hydrogen-bond donors (Lipinski definition) is 1. The van der Waals surface area contributed by atoms with Crippen molar-refractivity contribution in [2.75, 3.05) is 5.73 Å². The van der Waals surface area contributed by atoms with Gasteiger partial charge in [-0.25, -0.2) is 9.37 Å². The normalized spacial score (nSPS) is 11.0. The number of nitrogens with zero attached hydrogens (tertiary/aromatic N) is 2. The zero-order chi connectivity index (χ0) is 12.7. The summed E-state index contributed by atoms with van der Waals surface area (Å²) in [5.74, 6) is 0.368. The van der Waals surface area contributed by atoms with Gasteiger partial charge in [-0.3, -0.25) is 4.40 Å². The lowest BCUT2D eigenvalue weighted by atomic mass is 10.2. The molecule has 3 nitrogen and oxygen atoms in total. The molecule has 0 saturated carbocycles. The number of pyridine rings is 1. The van der Waals surface area contributed by atoms with Crippen molar-refractivity contribution in [3.8, 4) is 11.4 Å². The van der Waals surface area contributed by atoms with Gasteiger partial charge >= 0.3 is 0 Å². The lowest BCUT2D eigenvalue weighted by molar-refractivity contribution is 0.628. The maximum atomic E-state index is 13.3. The van der Waals surface area contributed by atoms with Crippen LogP contribution in [0.1, 0.15) is 0 Å². The highest BCUT2D eigenvalue weighted by atomic mass is 79.9. The van der Waals surface area contributed by atoms with E-state index in [0.29, 0.717) is 21.7 Å². The molecule has 2 heterocycles. The third kappa shape index (κ3) is 1.67. The molecule has 0 fully saturated rings. The Morgan fingerprint density at radius 2 is 2.06 bits per heavy atom. The molecule has 5 heteroatoms. The molecule has 0 aliphatic carbocycles. The molecule has 0 amide bonds. The van der Waals surface area contributed by atoms with Crippen molar-refractivity contribution in [2.45, 2.75) is 0 Å². The number of fused-ring (bicyclic) bond motifs is 1. The van der Waals surface area contributed by atoms with E-state index in [2.05, 4.69) is 20.9 Å². The Bertz CT molecular complexity index is 736. The molecule has 90 valence electrons. The van der Waals surface area contributed by atoms with Crippen LogP contribution in [0.15, 0.2) is 47.2 Å². The first-order valence-corrected chi connectivity index (χ1v) is 6.14. The van der Waals surface area contributed by atoms with Crippen LogP contribution in [0.4, 0.5) is 10.1 Å². The van der Waals surface area contributed by atoms with Crippen LogP contribution in [0, 0.1) is 5.82 Å². The number of aromatic nitrogens is 2. The van der Waals surface area contributed by atoms with Crippen LogP contribution in [-0.2, 0) is 0 Å². The lowest BCUT2D eigenvalue weighted by Crippen LogP contribution is -1.93. The Morgan fingerprint density at radius 1 is 1.22 bits per heavy atom. The average molecular weight is 306 g/mol. The van der Waals surface area contributed by atoms with Gasteiger partial charge in [-0.1, -0.05) is 12.1 Å². The summed E-state index contributed by atoms with van der Waals surface area (Å²) in [6, 6.07) is 9.96. The molecule has 0 aliphatic heterocycles. The summed E-state index contributed by atoms with van der Waals surface area (Å²) < 4.78 is 15.8. The number of nitrogens with two attached hydrogens (primary N) is 1. The molecular formula is C13H9BrFN3. The molecular weight excluding hydrogens is 297 g/mol. The van der Waals surface area contributed by atoms with E-state index in [9.17, 15) is 4.39 Å². The summed E-state index contributed by atoms with van der Waals surface area (Å²) >= 11 is 3.38. The molecule has 0 saturated heterocycles. The number of imidazole rings is 1. The van der Waals surface area contributed by atoms with Crippen molar-refractivity contribution in [2.24, 2.45) is 0 Å². The number of halogens is 2. The predicted octanol–water partition coefficient (Wildman–Crippen LogP) is 3.49. The molecule has 2 N–H and O–H groups in total. The number of hydrogen-bond acceptors (Lipinski definition) is 2. The minimum Gasteiger partial charge on any atom is -0.397 e. The molecule has 3 rings (SSSR count). The van der Waals surface area contributed by atoms with Gasteiger partial charge in [-0.15, -0.1) is 0 Å². The van der Waals surface area contributed by atoms with Gasteiger partial charge in [-0.2, -0.15) is 0 Å². The molecule has 0 atom stereocenters. The highest BCUT2D eigenvalue weighted by Crippen LogP contribution is 2.29. The fraction of sp³-hybridized carbons (Fsp3) is 0. The Morgan fingerprint density at radius 3 is 2.83 bits per heavy atom. The van der Waals surface area contributed by atoms with Crippen LogP contribution >= 0.6 is 15.9 Å². The summed E-state index contributed by atoms with van der Waals surface area (Å²) in [6.45, 7) is 0. The van der Waals surface area contributed by atoms with E-state index >= 15 is 0 Å². The molecule has 0 spiro atoms. The number of nitrogen functional groups attached to an aromatic ring is 1. The van der Waals surface area contributed by atoms with E-state index in [1.807, 2.05) is 22.7 Å².